The van der Waals surface area contributed by atoms with Crippen LogP contribution in [0.3, 0.4) is 0 Å². The minimum Gasteiger partial charge on any atom is -0.304 e. The number of fused-ring (bicyclic) bond motifs is 1. The quantitative estimate of drug-likeness (QED) is 0.243. The number of halogens is 3. The van der Waals surface area contributed by atoms with Gasteiger partial charge in [0.15, 0.2) is 16.8 Å². The number of hydrogen-bond donors (Lipinski definition) is 0. The molecule has 0 radical (unpaired) electrons. The zero-order valence-corrected chi connectivity index (χ0v) is 18.3. The predicted molar refractivity (Wildman–Crippen MR) is 118 cm³/mol. The van der Waals surface area contributed by atoms with E-state index in [0.717, 1.165) is 15.0 Å². The Morgan fingerprint density at radius 1 is 1.14 bits per heavy atom. The number of aromatic nitrogens is 3. The molecule has 0 bridgehead atoms. The van der Waals surface area contributed by atoms with E-state index in [1.807, 2.05) is 35.9 Å². The lowest BCUT2D eigenvalue weighted by molar-refractivity contribution is 0.102. The second-order valence-corrected chi connectivity index (χ2v) is 9.16. The highest BCUT2D eigenvalue weighted by Gasteiger charge is 2.20. The van der Waals surface area contributed by atoms with Gasteiger partial charge in [-0.1, -0.05) is 64.8 Å². The predicted octanol–water partition coefficient (Wildman–Crippen LogP) is 6.63. The maximum Gasteiger partial charge on any atom is 0.191 e. The molecule has 0 saturated heterocycles. The molecule has 4 aromatic rings. The highest BCUT2D eigenvalue weighted by molar-refractivity contribution is 7.99. The summed E-state index contributed by atoms with van der Waals surface area (Å²) in [5, 5.41) is 11.6. The van der Waals surface area contributed by atoms with Crippen molar-refractivity contribution in [1.82, 2.24) is 14.8 Å². The van der Waals surface area contributed by atoms with E-state index < -0.39 is 0 Å². The van der Waals surface area contributed by atoms with Crippen LogP contribution in [0.15, 0.2) is 47.6 Å². The van der Waals surface area contributed by atoms with Crippen molar-refractivity contribution in [3.63, 3.8) is 0 Å². The second kappa shape index (κ2) is 8.05. The third kappa shape index (κ3) is 3.67. The standard InChI is InChI=1S/C19H12Cl3N3OS2/c1-25-18(17-16(22)12-4-2-3-5-15(12)28-17)23-24-19(25)27-9-14(26)11-7-6-10(20)8-13(11)21/h2-8H,9H2,1H3. The monoisotopic (exact) mass is 467 g/mol. The Bertz CT molecular complexity index is 1200. The number of thioether (sulfide) groups is 1. The van der Waals surface area contributed by atoms with Gasteiger partial charge in [0.1, 0.15) is 0 Å². The van der Waals surface area contributed by atoms with Crippen LogP contribution in [0.2, 0.25) is 15.1 Å². The van der Waals surface area contributed by atoms with Gasteiger partial charge in [-0.25, -0.2) is 0 Å². The molecule has 2 aromatic heterocycles. The van der Waals surface area contributed by atoms with Gasteiger partial charge >= 0.3 is 0 Å². The molecule has 4 rings (SSSR count). The van der Waals surface area contributed by atoms with Gasteiger partial charge in [0.25, 0.3) is 0 Å². The lowest BCUT2D eigenvalue weighted by Gasteiger charge is -2.05. The van der Waals surface area contributed by atoms with Crippen LogP contribution < -0.4 is 0 Å². The maximum absolute atomic E-state index is 12.5. The maximum atomic E-state index is 12.5. The van der Waals surface area contributed by atoms with Crippen molar-refractivity contribution in [2.45, 2.75) is 5.16 Å². The Labute approximate surface area is 184 Å². The fourth-order valence-corrected chi connectivity index (χ4v) is 5.56. The summed E-state index contributed by atoms with van der Waals surface area (Å²) in [5.74, 6) is 0.759. The Morgan fingerprint density at radius 2 is 1.93 bits per heavy atom. The van der Waals surface area contributed by atoms with E-state index in [-0.39, 0.29) is 11.5 Å². The number of hydrogen-bond acceptors (Lipinski definition) is 5. The topological polar surface area (TPSA) is 47.8 Å². The first-order valence-electron chi connectivity index (χ1n) is 8.13. The molecule has 9 heteroatoms. The Balaban J connectivity index is 1.57. The summed E-state index contributed by atoms with van der Waals surface area (Å²) >= 11 is 21.4. The molecule has 0 atom stereocenters. The molecule has 0 aliphatic rings. The van der Waals surface area contributed by atoms with Crippen LogP contribution in [0.1, 0.15) is 10.4 Å². The lowest BCUT2D eigenvalue weighted by Crippen LogP contribution is -2.04. The second-order valence-electron chi connectivity index (χ2n) is 5.94. The van der Waals surface area contributed by atoms with Crippen LogP contribution in [-0.2, 0) is 7.05 Å². The van der Waals surface area contributed by atoms with Gasteiger partial charge in [-0.15, -0.1) is 21.5 Å². The zero-order chi connectivity index (χ0) is 19.8. The van der Waals surface area contributed by atoms with Crippen molar-refractivity contribution in [2.75, 3.05) is 5.75 Å². The highest BCUT2D eigenvalue weighted by Crippen LogP contribution is 2.41. The first kappa shape index (κ1) is 19.7. The van der Waals surface area contributed by atoms with Crippen molar-refractivity contribution in [2.24, 2.45) is 7.05 Å². The highest BCUT2D eigenvalue weighted by atomic mass is 35.5. The Morgan fingerprint density at radius 3 is 2.68 bits per heavy atom. The van der Waals surface area contributed by atoms with Gasteiger partial charge in [0.05, 0.1) is 20.7 Å². The molecule has 4 nitrogen and oxygen atoms in total. The molecule has 28 heavy (non-hydrogen) atoms. The van der Waals surface area contributed by atoms with Crippen LogP contribution in [0, 0.1) is 0 Å². The SMILES string of the molecule is Cn1c(SCC(=O)c2ccc(Cl)cc2Cl)nnc1-c1sc2ccccc2c1Cl. The molecule has 2 aromatic carbocycles. The van der Waals surface area contributed by atoms with Crippen molar-refractivity contribution < 1.29 is 4.79 Å². The molecule has 0 unspecified atom stereocenters. The van der Waals surface area contributed by atoms with Crippen LogP contribution in [0.4, 0.5) is 0 Å². The minimum atomic E-state index is -0.101. The van der Waals surface area contributed by atoms with E-state index in [2.05, 4.69) is 10.2 Å². The molecule has 0 aliphatic heterocycles. The average molecular weight is 469 g/mol. The molecule has 142 valence electrons. The third-order valence-corrected chi connectivity index (χ3v) is 7.38. The van der Waals surface area contributed by atoms with Gasteiger partial charge < -0.3 is 4.57 Å². The van der Waals surface area contributed by atoms with E-state index in [0.29, 0.717) is 31.6 Å². The number of carbonyl (C=O) groups is 1. The van der Waals surface area contributed by atoms with E-state index in [1.165, 1.54) is 11.8 Å². The van der Waals surface area contributed by atoms with E-state index in [4.69, 9.17) is 34.8 Å². The smallest absolute Gasteiger partial charge is 0.191 e. The van der Waals surface area contributed by atoms with Crippen molar-refractivity contribution in [3.05, 3.63) is 63.1 Å². The molecule has 0 fully saturated rings. The molecule has 2 heterocycles. The molecule has 0 aliphatic carbocycles. The van der Waals surface area contributed by atoms with Gasteiger partial charge in [-0.2, -0.15) is 0 Å². The summed E-state index contributed by atoms with van der Waals surface area (Å²) in [6, 6.07) is 12.8. The van der Waals surface area contributed by atoms with Crippen molar-refractivity contribution in [3.8, 4) is 10.7 Å². The van der Waals surface area contributed by atoms with E-state index in [1.54, 1.807) is 29.5 Å². The summed E-state index contributed by atoms with van der Waals surface area (Å²) in [7, 11) is 1.86. The minimum absolute atomic E-state index is 0.101. The van der Waals surface area contributed by atoms with Gasteiger partial charge in [-0.3, -0.25) is 4.79 Å². The van der Waals surface area contributed by atoms with Crippen LogP contribution in [0.25, 0.3) is 20.8 Å². The number of nitrogens with zero attached hydrogens (tertiary/aromatic N) is 3. The molecule has 0 saturated carbocycles. The molecular weight excluding hydrogens is 457 g/mol. The molecule has 0 amide bonds. The zero-order valence-electron chi connectivity index (χ0n) is 14.4. The number of rotatable bonds is 5. The molecule has 0 spiro atoms. The number of ketones is 1. The number of Topliss-reactive ketones (excluding diaryl/α,β-unsaturated/α-hetero) is 1. The first-order chi connectivity index (χ1) is 13.5. The fraction of sp³-hybridized carbons (Fsp3) is 0.105. The number of carbonyl (C=O) groups excluding carboxylic acids is 1. The first-order valence-corrected chi connectivity index (χ1v) is 11.1. The van der Waals surface area contributed by atoms with Crippen molar-refractivity contribution in [1.29, 1.82) is 0 Å². The Hall–Kier alpha value is -1.57. The van der Waals surface area contributed by atoms with Crippen LogP contribution in [-0.4, -0.2) is 26.3 Å². The van der Waals surface area contributed by atoms with Gasteiger partial charge in [0.2, 0.25) is 0 Å². The average Bonchev–Trinajstić information content (AvgIpc) is 3.20. The molecular formula is C19H12Cl3N3OS2. The largest absolute Gasteiger partial charge is 0.304 e. The summed E-state index contributed by atoms with van der Waals surface area (Å²) in [6.07, 6.45) is 0. The van der Waals surface area contributed by atoms with Gasteiger partial charge in [-0.05, 0) is 24.3 Å². The summed E-state index contributed by atoms with van der Waals surface area (Å²) in [6.45, 7) is 0. The molecule has 0 N–H and O–H groups in total. The van der Waals surface area contributed by atoms with Crippen LogP contribution >= 0.6 is 57.9 Å². The third-order valence-electron chi connectivity index (χ3n) is 4.14. The summed E-state index contributed by atoms with van der Waals surface area (Å²) in [5.41, 5.74) is 0.438. The van der Waals surface area contributed by atoms with E-state index >= 15 is 0 Å². The number of thiophene rings is 1. The van der Waals surface area contributed by atoms with Crippen molar-refractivity contribution >= 4 is 73.8 Å². The van der Waals surface area contributed by atoms with Gasteiger partial charge in [0, 0.05) is 27.7 Å². The van der Waals surface area contributed by atoms with Crippen LogP contribution in [0.5, 0.6) is 0 Å². The summed E-state index contributed by atoms with van der Waals surface area (Å²) < 4.78 is 2.94. The Kier molecular flexibility index (Phi) is 5.67. The number of benzene rings is 2. The lowest BCUT2D eigenvalue weighted by atomic mass is 10.1. The van der Waals surface area contributed by atoms with E-state index in [9.17, 15) is 4.79 Å². The summed E-state index contributed by atoms with van der Waals surface area (Å²) in [4.78, 5) is 13.3. The fourth-order valence-electron chi connectivity index (χ4n) is 2.72. The normalized spacial score (nSPS) is 11.3.